The van der Waals surface area contributed by atoms with Gasteiger partial charge in [0.05, 0.1) is 33.1 Å². The number of benzene rings is 11. The Hall–Kier alpha value is -9.71. The lowest BCUT2D eigenvalue weighted by Gasteiger charge is -2.27. The van der Waals surface area contributed by atoms with E-state index in [0.29, 0.717) is 0 Å². The van der Waals surface area contributed by atoms with Crippen LogP contribution >= 0.6 is 0 Å². The lowest BCUT2D eigenvalue weighted by atomic mass is 9.95. The van der Waals surface area contributed by atoms with Crippen LogP contribution in [0.1, 0.15) is 11.1 Å². The third-order valence-corrected chi connectivity index (χ3v) is 14.7. The summed E-state index contributed by atoms with van der Waals surface area (Å²) in [5.41, 5.74) is 21.1. The smallest absolute Gasteiger partial charge is 0.145 e. The summed E-state index contributed by atoms with van der Waals surface area (Å²) in [5, 5.41) is 4.91. The first-order valence-electron chi connectivity index (χ1n) is 25.4. The van der Waals surface area contributed by atoms with Gasteiger partial charge in [0.25, 0.3) is 0 Å². The molecule has 0 aliphatic heterocycles. The van der Waals surface area contributed by atoms with Gasteiger partial charge in [-0.25, -0.2) is 4.98 Å². The number of hydrogen-bond donors (Lipinski definition) is 0. The van der Waals surface area contributed by atoms with Crippen molar-refractivity contribution in [3.63, 3.8) is 0 Å². The largest absolute Gasteiger partial charge is 0.310 e. The average Bonchev–Trinajstić information content (AvgIpc) is 4.13. The van der Waals surface area contributed by atoms with E-state index in [1.54, 1.807) is 0 Å². The van der Waals surface area contributed by atoms with E-state index in [2.05, 4.69) is 293 Å². The van der Waals surface area contributed by atoms with E-state index in [9.17, 15) is 0 Å². The third-order valence-electron chi connectivity index (χ3n) is 14.7. The van der Waals surface area contributed by atoms with Gasteiger partial charge in [-0.3, -0.25) is 4.57 Å². The molecule has 0 bridgehead atoms. The SMILES string of the molecule is Cc1ccc(N(c2ccc(C)cc2)c2cc(-c3ccc(-c4nc5ccccc5n4-c4ccccc4)cc3)cc(-c3cc(-n4c5ccccc5c5ccccc54)cc(-n4c5ccccc5c5ccccc54)c3)c2)cc1. The molecule has 0 atom stereocenters. The summed E-state index contributed by atoms with van der Waals surface area (Å²) in [6.45, 7) is 4.30. The van der Waals surface area contributed by atoms with Crippen molar-refractivity contribution >= 4 is 71.7 Å². The highest BCUT2D eigenvalue weighted by atomic mass is 15.1. The molecule has 5 nitrogen and oxygen atoms in total. The van der Waals surface area contributed by atoms with E-state index in [1.807, 2.05) is 0 Å². The highest BCUT2D eigenvalue weighted by Gasteiger charge is 2.21. The summed E-state index contributed by atoms with van der Waals surface area (Å²) in [6.07, 6.45) is 0. The van der Waals surface area contributed by atoms with Crippen molar-refractivity contribution in [1.82, 2.24) is 18.7 Å². The van der Waals surface area contributed by atoms with Crippen LogP contribution in [0.2, 0.25) is 0 Å². The molecule has 0 saturated carbocycles. The van der Waals surface area contributed by atoms with Crippen LogP contribution in [0.4, 0.5) is 17.1 Å². The standard InChI is InChI=1S/C69H49N5/c1-46-28-36-54(37-29-46)71(55-38-30-47(2)31-39-55)56-41-50(48-32-34-49(35-33-48)69-70-63-22-10-15-27-68(63)74(69)53-16-4-3-5-17-53)40-51(42-56)52-43-57(72-64-23-11-6-18-59(64)60-19-7-12-24-65(60)72)45-58(44-52)73-66-25-13-8-20-61(66)62-21-9-14-26-67(62)73/h3-45H,1-2H3. The highest BCUT2D eigenvalue weighted by Crippen LogP contribution is 2.43. The Morgan fingerprint density at radius 3 is 1.19 bits per heavy atom. The molecule has 3 aromatic heterocycles. The Morgan fingerprint density at radius 1 is 0.284 bits per heavy atom. The van der Waals surface area contributed by atoms with Gasteiger partial charge in [0.15, 0.2) is 0 Å². The highest BCUT2D eigenvalue weighted by molar-refractivity contribution is 6.11. The summed E-state index contributed by atoms with van der Waals surface area (Å²) in [6, 6.07) is 95.1. The van der Waals surface area contributed by atoms with E-state index >= 15 is 0 Å². The molecule has 14 rings (SSSR count). The molecule has 3 heterocycles. The van der Waals surface area contributed by atoms with Crippen LogP contribution in [0, 0.1) is 13.8 Å². The number of anilines is 3. The quantitative estimate of drug-likeness (QED) is 0.144. The fourth-order valence-electron chi connectivity index (χ4n) is 11.2. The van der Waals surface area contributed by atoms with Gasteiger partial charge in [-0.15, -0.1) is 0 Å². The van der Waals surface area contributed by atoms with E-state index in [1.165, 1.54) is 54.7 Å². The maximum atomic E-state index is 5.22. The Kier molecular flexibility index (Phi) is 10.2. The van der Waals surface area contributed by atoms with Crippen molar-refractivity contribution < 1.29 is 0 Å². The van der Waals surface area contributed by atoms with Crippen molar-refractivity contribution in [1.29, 1.82) is 0 Å². The number of imidazole rings is 1. The zero-order chi connectivity index (χ0) is 49.3. The Balaban J connectivity index is 1.02. The van der Waals surface area contributed by atoms with Crippen LogP contribution in [0.15, 0.2) is 261 Å². The number of para-hydroxylation sites is 7. The molecular formula is C69H49N5. The Bertz CT molecular complexity index is 4140. The first kappa shape index (κ1) is 43.1. The number of hydrogen-bond acceptors (Lipinski definition) is 2. The van der Waals surface area contributed by atoms with Crippen LogP contribution in [-0.4, -0.2) is 18.7 Å². The molecule has 5 heteroatoms. The number of rotatable bonds is 9. The summed E-state index contributed by atoms with van der Waals surface area (Å²) in [4.78, 5) is 7.61. The van der Waals surface area contributed by atoms with Gasteiger partial charge in [-0.05, 0) is 145 Å². The fourth-order valence-corrected chi connectivity index (χ4v) is 11.2. The average molecular weight is 948 g/mol. The molecule has 0 aliphatic rings. The topological polar surface area (TPSA) is 30.9 Å². The van der Waals surface area contributed by atoms with Gasteiger partial charge < -0.3 is 14.0 Å². The van der Waals surface area contributed by atoms with E-state index in [0.717, 1.165) is 78.8 Å². The zero-order valence-electron chi connectivity index (χ0n) is 41.1. The van der Waals surface area contributed by atoms with E-state index < -0.39 is 0 Å². The molecule has 11 aromatic carbocycles. The summed E-state index contributed by atoms with van der Waals surface area (Å²) >= 11 is 0. The first-order chi connectivity index (χ1) is 36.5. The van der Waals surface area contributed by atoms with Crippen molar-refractivity contribution in [2.75, 3.05) is 4.90 Å². The number of aryl methyl sites for hydroxylation is 2. The molecule has 0 radical (unpaired) electrons. The Labute approximate surface area is 429 Å². The lowest BCUT2D eigenvalue weighted by molar-refractivity contribution is 1.10. The molecule has 0 N–H and O–H groups in total. The molecule has 0 spiro atoms. The number of fused-ring (bicyclic) bond motifs is 7. The van der Waals surface area contributed by atoms with Gasteiger partial charge in [-0.1, -0.05) is 163 Å². The fraction of sp³-hybridized carbons (Fsp3) is 0.0290. The van der Waals surface area contributed by atoms with Gasteiger partial charge in [0.1, 0.15) is 5.82 Å². The molecule has 14 aromatic rings. The maximum Gasteiger partial charge on any atom is 0.145 e. The van der Waals surface area contributed by atoms with Crippen LogP contribution < -0.4 is 4.90 Å². The second kappa shape index (κ2) is 17.5. The molecule has 350 valence electrons. The van der Waals surface area contributed by atoms with Crippen molar-refractivity contribution in [2.24, 2.45) is 0 Å². The van der Waals surface area contributed by atoms with E-state index in [-0.39, 0.29) is 0 Å². The molecule has 0 aliphatic carbocycles. The van der Waals surface area contributed by atoms with Crippen LogP contribution in [0.25, 0.3) is 105 Å². The van der Waals surface area contributed by atoms with Crippen molar-refractivity contribution in [3.8, 4) is 50.7 Å². The second-order valence-electron chi connectivity index (χ2n) is 19.4. The molecular weight excluding hydrogens is 899 g/mol. The molecule has 0 saturated heterocycles. The van der Waals surface area contributed by atoms with Crippen molar-refractivity contribution in [2.45, 2.75) is 13.8 Å². The zero-order valence-corrected chi connectivity index (χ0v) is 41.1. The third kappa shape index (κ3) is 7.28. The van der Waals surface area contributed by atoms with Crippen molar-refractivity contribution in [3.05, 3.63) is 272 Å². The molecule has 0 fully saturated rings. The van der Waals surface area contributed by atoms with Gasteiger partial charge in [0, 0.05) is 61.2 Å². The second-order valence-corrected chi connectivity index (χ2v) is 19.4. The minimum Gasteiger partial charge on any atom is -0.310 e. The predicted molar refractivity (Wildman–Crippen MR) is 310 cm³/mol. The number of aromatic nitrogens is 4. The monoisotopic (exact) mass is 947 g/mol. The maximum absolute atomic E-state index is 5.22. The van der Waals surface area contributed by atoms with Crippen LogP contribution in [0.3, 0.4) is 0 Å². The van der Waals surface area contributed by atoms with Gasteiger partial charge >= 0.3 is 0 Å². The normalized spacial score (nSPS) is 11.6. The lowest BCUT2D eigenvalue weighted by Crippen LogP contribution is -2.10. The minimum atomic E-state index is 0.905. The predicted octanol–water partition coefficient (Wildman–Crippen LogP) is 18.3. The van der Waals surface area contributed by atoms with Crippen LogP contribution in [-0.2, 0) is 0 Å². The van der Waals surface area contributed by atoms with Gasteiger partial charge in [0.2, 0.25) is 0 Å². The molecule has 74 heavy (non-hydrogen) atoms. The summed E-state index contributed by atoms with van der Waals surface area (Å²) in [7, 11) is 0. The Morgan fingerprint density at radius 2 is 0.689 bits per heavy atom. The van der Waals surface area contributed by atoms with E-state index in [4.69, 9.17) is 4.98 Å². The van der Waals surface area contributed by atoms with Crippen LogP contribution in [0.5, 0.6) is 0 Å². The first-order valence-corrected chi connectivity index (χ1v) is 25.4. The summed E-state index contributed by atoms with van der Waals surface area (Å²) < 4.78 is 7.16. The van der Waals surface area contributed by atoms with Gasteiger partial charge in [-0.2, -0.15) is 0 Å². The molecule has 0 amide bonds. The minimum absolute atomic E-state index is 0.905. The number of nitrogens with zero attached hydrogens (tertiary/aromatic N) is 5. The molecule has 0 unspecified atom stereocenters. The summed E-state index contributed by atoms with van der Waals surface area (Å²) in [5.74, 6) is 0.905.